The first kappa shape index (κ1) is 17.5. The zero-order valence-corrected chi connectivity index (χ0v) is 11.9. The zero-order chi connectivity index (χ0) is 14.8. The second kappa shape index (κ2) is 9.43. The molecule has 2 N–H and O–H groups in total. The monoisotopic (exact) mass is 277 g/mol. The van der Waals surface area contributed by atoms with E-state index in [1.54, 1.807) is 13.8 Å². The lowest BCUT2D eigenvalue weighted by Gasteiger charge is -2.20. The van der Waals surface area contributed by atoms with Crippen LogP contribution in [0.15, 0.2) is 0 Å². The molecule has 112 valence electrons. The molecule has 7 nitrogen and oxygen atoms in total. The SMILES string of the molecule is COC(=O)OCC(C)C(C)OC(=O)OCC(C)CN. The van der Waals surface area contributed by atoms with Crippen LogP contribution in [-0.4, -0.2) is 45.3 Å². The molecule has 0 rings (SSSR count). The third-order valence-electron chi connectivity index (χ3n) is 2.60. The van der Waals surface area contributed by atoms with Crippen molar-refractivity contribution < 1.29 is 28.5 Å². The van der Waals surface area contributed by atoms with Gasteiger partial charge in [0.25, 0.3) is 0 Å². The van der Waals surface area contributed by atoms with Crippen molar-refractivity contribution in [2.75, 3.05) is 26.9 Å². The van der Waals surface area contributed by atoms with Gasteiger partial charge in [-0.1, -0.05) is 13.8 Å². The predicted octanol–water partition coefficient (Wildman–Crippen LogP) is 1.54. The molecular formula is C12H23NO6. The second-order valence-electron chi connectivity index (χ2n) is 4.47. The predicted molar refractivity (Wildman–Crippen MR) is 67.6 cm³/mol. The second-order valence-corrected chi connectivity index (χ2v) is 4.47. The van der Waals surface area contributed by atoms with Crippen LogP contribution in [0.1, 0.15) is 20.8 Å². The Morgan fingerprint density at radius 2 is 1.63 bits per heavy atom. The highest BCUT2D eigenvalue weighted by Gasteiger charge is 2.20. The van der Waals surface area contributed by atoms with Crippen molar-refractivity contribution in [3.63, 3.8) is 0 Å². The van der Waals surface area contributed by atoms with E-state index in [0.717, 1.165) is 0 Å². The van der Waals surface area contributed by atoms with Crippen LogP contribution in [0.4, 0.5) is 9.59 Å². The molecule has 0 spiro atoms. The standard InChI is InChI=1S/C12H23NO6/c1-8(5-13)6-17-12(15)19-10(3)9(2)7-18-11(14)16-4/h8-10H,5-7,13H2,1-4H3. The largest absolute Gasteiger partial charge is 0.508 e. The minimum Gasteiger partial charge on any atom is -0.438 e. The number of ether oxygens (including phenoxy) is 4. The summed E-state index contributed by atoms with van der Waals surface area (Å²) in [6.45, 7) is 6.09. The minimum absolute atomic E-state index is 0.0861. The van der Waals surface area contributed by atoms with Gasteiger partial charge in [-0.2, -0.15) is 0 Å². The molecule has 0 aliphatic rings. The number of rotatable bonds is 7. The van der Waals surface area contributed by atoms with Crippen molar-refractivity contribution in [2.24, 2.45) is 17.6 Å². The molecule has 0 aliphatic heterocycles. The molecule has 0 aliphatic carbocycles. The Labute approximate surface area is 113 Å². The van der Waals surface area contributed by atoms with Crippen molar-refractivity contribution >= 4 is 12.3 Å². The quantitative estimate of drug-likeness (QED) is 0.705. The summed E-state index contributed by atoms with van der Waals surface area (Å²) in [5, 5.41) is 0. The van der Waals surface area contributed by atoms with Crippen molar-refractivity contribution in [3.8, 4) is 0 Å². The van der Waals surface area contributed by atoms with Gasteiger partial charge in [-0.25, -0.2) is 9.59 Å². The van der Waals surface area contributed by atoms with Gasteiger partial charge >= 0.3 is 12.3 Å². The molecule has 3 unspecified atom stereocenters. The topological polar surface area (TPSA) is 97.1 Å². The maximum atomic E-state index is 11.4. The highest BCUT2D eigenvalue weighted by molar-refractivity contribution is 5.60. The van der Waals surface area contributed by atoms with Crippen LogP contribution in [0.3, 0.4) is 0 Å². The number of carbonyl (C=O) groups is 2. The lowest BCUT2D eigenvalue weighted by Crippen LogP contribution is -2.28. The van der Waals surface area contributed by atoms with Crippen LogP contribution in [0, 0.1) is 11.8 Å². The summed E-state index contributed by atoms with van der Waals surface area (Å²) in [6, 6.07) is 0. The summed E-state index contributed by atoms with van der Waals surface area (Å²) < 4.78 is 19.0. The number of hydrogen-bond donors (Lipinski definition) is 1. The lowest BCUT2D eigenvalue weighted by molar-refractivity contribution is -0.0100. The Morgan fingerprint density at radius 1 is 1.05 bits per heavy atom. The third kappa shape index (κ3) is 8.25. The normalized spacial score (nSPS) is 15.0. The summed E-state index contributed by atoms with van der Waals surface area (Å²) in [7, 11) is 1.23. The fraction of sp³-hybridized carbons (Fsp3) is 0.833. The van der Waals surface area contributed by atoms with Crippen LogP contribution >= 0.6 is 0 Å². The number of methoxy groups -OCH3 is 1. The average molecular weight is 277 g/mol. The average Bonchev–Trinajstić information content (AvgIpc) is 2.41. The van der Waals surface area contributed by atoms with E-state index in [0.29, 0.717) is 6.54 Å². The number of nitrogens with two attached hydrogens (primary N) is 1. The van der Waals surface area contributed by atoms with Crippen LogP contribution in [0.2, 0.25) is 0 Å². The van der Waals surface area contributed by atoms with Crippen molar-refractivity contribution in [2.45, 2.75) is 26.9 Å². The third-order valence-corrected chi connectivity index (χ3v) is 2.60. The Bertz CT molecular complexity index is 283. The highest BCUT2D eigenvalue weighted by Crippen LogP contribution is 2.09. The first-order valence-corrected chi connectivity index (χ1v) is 6.14. The Morgan fingerprint density at radius 3 is 2.16 bits per heavy atom. The summed E-state index contributed by atoms with van der Waals surface area (Å²) in [6.07, 6.45) is -1.96. The summed E-state index contributed by atoms with van der Waals surface area (Å²) in [4.78, 5) is 22.1. The van der Waals surface area contributed by atoms with E-state index in [1.807, 2.05) is 6.92 Å². The zero-order valence-electron chi connectivity index (χ0n) is 11.9. The van der Waals surface area contributed by atoms with Crippen molar-refractivity contribution in [3.05, 3.63) is 0 Å². The van der Waals surface area contributed by atoms with Crippen molar-refractivity contribution in [1.29, 1.82) is 0 Å². The molecule has 0 aromatic rings. The molecule has 0 amide bonds. The van der Waals surface area contributed by atoms with Gasteiger partial charge < -0.3 is 24.7 Å². The minimum atomic E-state index is -0.765. The van der Waals surface area contributed by atoms with E-state index >= 15 is 0 Å². The number of hydrogen-bond acceptors (Lipinski definition) is 7. The van der Waals surface area contributed by atoms with E-state index in [2.05, 4.69) is 4.74 Å². The van der Waals surface area contributed by atoms with Gasteiger partial charge in [0.15, 0.2) is 0 Å². The summed E-state index contributed by atoms with van der Waals surface area (Å²) >= 11 is 0. The molecule has 0 aromatic carbocycles. The van der Waals surface area contributed by atoms with E-state index < -0.39 is 18.4 Å². The molecule has 0 aromatic heterocycles. The van der Waals surface area contributed by atoms with Gasteiger partial charge in [-0.05, 0) is 13.5 Å². The maximum absolute atomic E-state index is 11.4. The van der Waals surface area contributed by atoms with Gasteiger partial charge in [-0.15, -0.1) is 0 Å². The number of carbonyl (C=O) groups excluding carboxylic acids is 2. The summed E-state index contributed by atoms with van der Waals surface area (Å²) in [5.74, 6) is -0.0819. The van der Waals surface area contributed by atoms with Gasteiger partial charge in [-0.3, -0.25) is 0 Å². The molecular weight excluding hydrogens is 254 g/mol. The molecule has 0 saturated carbocycles. The van der Waals surface area contributed by atoms with Crippen LogP contribution in [0.25, 0.3) is 0 Å². The maximum Gasteiger partial charge on any atom is 0.508 e. The van der Waals surface area contributed by atoms with Gasteiger partial charge in [0.2, 0.25) is 0 Å². The first-order valence-electron chi connectivity index (χ1n) is 6.14. The van der Waals surface area contributed by atoms with E-state index in [4.69, 9.17) is 19.9 Å². The van der Waals surface area contributed by atoms with Gasteiger partial charge in [0.05, 0.1) is 13.7 Å². The highest BCUT2D eigenvalue weighted by atomic mass is 16.7. The van der Waals surface area contributed by atoms with E-state index in [1.165, 1.54) is 7.11 Å². The Hall–Kier alpha value is -1.50. The van der Waals surface area contributed by atoms with Gasteiger partial charge in [0, 0.05) is 11.8 Å². The molecule has 19 heavy (non-hydrogen) atoms. The Balaban J connectivity index is 3.90. The van der Waals surface area contributed by atoms with E-state index in [-0.39, 0.29) is 25.0 Å². The van der Waals surface area contributed by atoms with Crippen LogP contribution < -0.4 is 5.73 Å². The van der Waals surface area contributed by atoms with Crippen molar-refractivity contribution in [1.82, 2.24) is 0 Å². The first-order chi connectivity index (χ1) is 8.90. The smallest absolute Gasteiger partial charge is 0.438 e. The van der Waals surface area contributed by atoms with Crippen LogP contribution in [-0.2, 0) is 18.9 Å². The van der Waals surface area contributed by atoms with E-state index in [9.17, 15) is 9.59 Å². The molecule has 0 saturated heterocycles. The Kier molecular flexibility index (Phi) is 8.69. The fourth-order valence-corrected chi connectivity index (χ4v) is 0.974. The summed E-state index contributed by atoms with van der Waals surface area (Å²) in [5.41, 5.74) is 5.40. The van der Waals surface area contributed by atoms with Crippen LogP contribution in [0.5, 0.6) is 0 Å². The molecule has 3 atom stereocenters. The molecule has 7 heteroatoms. The molecule has 0 fully saturated rings. The lowest BCUT2D eigenvalue weighted by atomic mass is 10.1. The molecule has 0 radical (unpaired) electrons. The fourth-order valence-electron chi connectivity index (χ4n) is 0.974. The molecule has 0 heterocycles. The van der Waals surface area contributed by atoms with Gasteiger partial charge in [0.1, 0.15) is 12.7 Å². The molecule has 0 bridgehead atoms.